The van der Waals surface area contributed by atoms with Gasteiger partial charge in [0.25, 0.3) is 5.56 Å². The number of nitrogens with one attached hydrogen (secondary N) is 1. The number of amides is 1. The fraction of sp³-hybridized carbons (Fsp3) is 0.316. The number of aromatic nitrogens is 4. The molecule has 0 spiro atoms. The number of carbonyl (C=O) groups is 1. The third-order valence-corrected chi connectivity index (χ3v) is 4.71. The van der Waals surface area contributed by atoms with Crippen LogP contribution in [0.2, 0.25) is 0 Å². The topological polar surface area (TPSA) is 95.1 Å². The molecule has 8 heteroatoms. The van der Waals surface area contributed by atoms with Crippen molar-refractivity contribution in [2.45, 2.75) is 12.8 Å². The van der Waals surface area contributed by atoms with Crippen LogP contribution in [0.5, 0.6) is 0 Å². The summed E-state index contributed by atoms with van der Waals surface area (Å²) in [5, 5.41) is 0. The number of H-pyrrole nitrogens is 1. The highest BCUT2D eigenvalue weighted by Gasteiger charge is 2.22. The number of hydrogen-bond donors (Lipinski definition) is 1. The maximum atomic E-state index is 12.5. The first-order valence-corrected chi connectivity index (χ1v) is 8.98. The van der Waals surface area contributed by atoms with Crippen LogP contribution in [0.3, 0.4) is 0 Å². The second-order valence-electron chi connectivity index (χ2n) is 6.45. The van der Waals surface area contributed by atoms with E-state index in [1.54, 1.807) is 18.5 Å². The quantitative estimate of drug-likeness (QED) is 0.742. The predicted molar refractivity (Wildman–Crippen MR) is 102 cm³/mol. The molecule has 0 unspecified atom stereocenters. The Balaban J connectivity index is 1.35. The molecule has 0 bridgehead atoms. The standard InChI is InChI=1S/C19H20N6O2/c26-17(24-10-12-25(13-11-24)19-20-8-3-9-21-19)7-6-16-18(27)23-15-5-2-1-4-14(15)22-16/h1-5,8-9H,6-7,10-13H2,(H,23,27). The maximum Gasteiger partial charge on any atom is 0.270 e. The fourth-order valence-corrected chi connectivity index (χ4v) is 3.23. The lowest BCUT2D eigenvalue weighted by atomic mass is 10.2. The van der Waals surface area contributed by atoms with Gasteiger partial charge in [0, 0.05) is 51.4 Å². The summed E-state index contributed by atoms with van der Waals surface area (Å²) in [4.78, 5) is 44.3. The van der Waals surface area contributed by atoms with Gasteiger partial charge in [0.05, 0.1) is 11.0 Å². The minimum atomic E-state index is -0.229. The van der Waals surface area contributed by atoms with Gasteiger partial charge >= 0.3 is 0 Å². The molecule has 1 amide bonds. The van der Waals surface area contributed by atoms with Crippen LogP contribution in [0.15, 0.2) is 47.5 Å². The number of hydrogen-bond acceptors (Lipinski definition) is 6. The van der Waals surface area contributed by atoms with Gasteiger partial charge in [-0.2, -0.15) is 0 Å². The van der Waals surface area contributed by atoms with E-state index in [1.165, 1.54) is 0 Å². The van der Waals surface area contributed by atoms with E-state index in [2.05, 4.69) is 24.8 Å². The number of aryl methyl sites for hydroxylation is 1. The molecule has 1 fully saturated rings. The van der Waals surface area contributed by atoms with E-state index >= 15 is 0 Å². The molecule has 1 N–H and O–H groups in total. The molecule has 8 nitrogen and oxygen atoms in total. The summed E-state index contributed by atoms with van der Waals surface area (Å²) in [6.45, 7) is 2.65. The van der Waals surface area contributed by atoms with Crippen LogP contribution in [0.4, 0.5) is 5.95 Å². The van der Waals surface area contributed by atoms with Crippen LogP contribution < -0.4 is 10.5 Å². The second-order valence-corrected chi connectivity index (χ2v) is 6.45. The second kappa shape index (κ2) is 7.53. The molecule has 0 atom stereocenters. The summed E-state index contributed by atoms with van der Waals surface area (Å²) in [5.41, 5.74) is 1.61. The van der Waals surface area contributed by atoms with Gasteiger partial charge in [0.15, 0.2) is 0 Å². The highest BCUT2D eigenvalue weighted by molar-refractivity contribution is 5.77. The summed E-state index contributed by atoms with van der Waals surface area (Å²) in [5.74, 6) is 0.731. The minimum Gasteiger partial charge on any atom is -0.339 e. The van der Waals surface area contributed by atoms with E-state index in [4.69, 9.17) is 0 Å². The van der Waals surface area contributed by atoms with E-state index in [0.29, 0.717) is 49.8 Å². The number of rotatable bonds is 4. The van der Waals surface area contributed by atoms with E-state index in [-0.39, 0.29) is 17.9 Å². The lowest BCUT2D eigenvalue weighted by Gasteiger charge is -2.34. The Morgan fingerprint density at radius 1 is 1.04 bits per heavy atom. The van der Waals surface area contributed by atoms with Crippen LogP contribution in [0.1, 0.15) is 12.1 Å². The lowest BCUT2D eigenvalue weighted by Crippen LogP contribution is -2.49. The molecule has 4 rings (SSSR count). The first kappa shape index (κ1) is 17.1. The number of carbonyl (C=O) groups excluding carboxylic acids is 1. The third-order valence-electron chi connectivity index (χ3n) is 4.71. The largest absolute Gasteiger partial charge is 0.339 e. The fourth-order valence-electron chi connectivity index (χ4n) is 3.23. The van der Waals surface area contributed by atoms with Crippen LogP contribution in [-0.4, -0.2) is 56.9 Å². The molecule has 1 saturated heterocycles. The van der Waals surface area contributed by atoms with Gasteiger partial charge in [-0.25, -0.2) is 15.0 Å². The third kappa shape index (κ3) is 3.79. The van der Waals surface area contributed by atoms with Gasteiger partial charge in [-0.15, -0.1) is 0 Å². The van der Waals surface area contributed by atoms with Gasteiger partial charge in [-0.1, -0.05) is 12.1 Å². The Morgan fingerprint density at radius 3 is 2.56 bits per heavy atom. The Labute approximate surface area is 155 Å². The summed E-state index contributed by atoms with van der Waals surface area (Å²) >= 11 is 0. The van der Waals surface area contributed by atoms with Crippen LogP contribution in [0.25, 0.3) is 11.0 Å². The molecule has 138 valence electrons. The number of piperazine rings is 1. The van der Waals surface area contributed by atoms with Crippen molar-refractivity contribution >= 4 is 22.9 Å². The molecule has 1 aromatic carbocycles. The van der Waals surface area contributed by atoms with Crippen molar-refractivity contribution in [1.82, 2.24) is 24.8 Å². The highest BCUT2D eigenvalue weighted by Crippen LogP contribution is 2.12. The summed E-state index contributed by atoms with van der Waals surface area (Å²) < 4.78 is 0. The van der Waals surface area contributed by atoms with E-state index in [0.717, 1.165) is 5.52 Å². The molecule has 1 aliphatic rings. The van der Waals surface area contributed by atoms with E-state index in [1.807, 2.05) is 29.2 Å². The van der Waals surface area contributed by atoms with Gasteiger partial charge < -0.3 is 14.8 Å². The van der Waals surface area contributed by atoms with Crippen molar-refractivity contribution in [1.29, 1.82) is 0 Å². The zero-order valence-electron chi connectivity index (χ0n) is 14.8. The van der Waals surface area contributed by atoms with Crippen molar-refractivity contribution in [3.8, 4) is 0 Å². The van der Waals surface area contributed by atoms with Crippen molar-refractivity contribution in [2.75, 3.05) is 31.1 Å². The van der Waals surface area contributed by atoms with Gasteiger partial charge in [0.1, 0.15) is 5.69 Å². The summed E-state index contributed by atoms with van der Waals surface area (Å²) in [6.07, 6.45) is 4.04. The Hall–Kier alpha value is -3.29. The highest BCUT2D eigenvalue weighted by atomic mass is 16.2. The normalized spacial score (nSPS) is 14.5. The van der Waals surface area contributed by atoms with Crippen LogP contribution in [0, 0.1) is 0 Å². The number of aromatic amines is 1. The molecule has 0 saturated carbocycles. The number of benzene rings is 1. The smallest absolute Gasteiger partial charge is 0.270 e. The zero-order valence-corrected chi connectivity index (χ0v) is 14.8. The van der Waals surface area contributed by atoms with Crippen LogP contribution in [-0.2, 0) is 11.2 Å². The maximum absolute atomic E-state index is 12.5. The number of anilines is 1. The molecule has 0 aliphatic carbocycles. The molecule has 27 heavy (non-hydrogen) atoms. The monoisotopic (exact) mass is 364 g/mol. The molecular formula is C19H20N6O2. The van der Waals surface area contributed by atoms with Gasteiger partial charge in [0.2, 0.25) is 11.9 Å². The van der Waals surface area contributed by atoms with Crippen molar-refractivity contribution < 1.29 is 4.79 Å². The predicted octanol–water partition coefficient (Wildman–Crippen LogP) is 0.994. The first-order chi connectivity index (χ1) is 13.2. The zero-order chi connectivity index (χ0) is 18.6. The Kier molecular flexibility index (Phi) is 4.78. The number of fused-ring (bicyclic) bond motifs is 1. The SMILES string of the molecule is O=C(CCc1nc2ccccc2[nH]c1=O)N1CCN(c2ncccn2)CC1. The molecular weight excluding hydrogens is 344 g/mol. The molecule has 2 aromatic heterocycles. The first-order valence-electron chi connectivity index (χ1n) is 8.98. The average molecular weight is 364 g/mol. The number of para-hydroxylation sites is 2. The van der Waals surface area contributed by atoms with Crippen molar-refractivity contribution in [3.63, 3.8) is 0 Å². The minimum absolute atomic E-state index is 0.0398. The average Bonchev–Trinajstić information content (AvgIpc) is 2.73. The molecule has 3 aromatic rings. The van der Waals surface area contributed by atoms with Crippen LogP contribution >= 0.6 is 0 Å². The molecule has 0 radical (unpaired) electrons. The van der Waals surface area contributed by atoms with E-state index < -0.39 is 0 Å². The summed E-state index contributed by atoms with van der Waals surface area (Å²) in [6, 6.07) is 9.17. The Bertz CT molecular complexity index is 996. The lowest BCUT2D eigenvalue weighted by molar-refractivity contribution is -0.131. The number of nitrogens with zero attached hydrogens (tertiary/aromatic N) is 5. The molecule has 3 heterocycles. The summed E-state index contributed by atoms with van der Waals surface area (Å²) in [7, 11) is 0. The Morgan fingerprint density at radius 2 is 1.78 bits per heavy atom. The molecule has 1 aliphatic heterocycles. The van der Waals surface area contributed by atoms with Crippen molar-refractivity contribution in [2.24, 2.45) is 0 Å². The van der Waals surface area contributed by atoms with Gasteiger partial charge in [-0.3, -0.25) is 9.59 Å². The van der Waals surface area contributed by atoms with Crippen molar-refractivity contribution in [3.05, 3.63) is 58.8 Å². The van der Waals surface area contributed by atoms with Gasteiger partial charge in [-0.05, 0) is 18.2 Å². The van der Waals surface area contributed by atoms with E-state index in [9.17, 15) is 9.59 Å².